The molecule has 10 heteroatoms. The summed E-state index contributed by atoms with van der Waals surface area (Å²) in [5.74, 6) is 0.578. The summed E-state index contributed by atoms with van der Waals surface area (Å²) in [5, 5.41) is 11.4. The Kier molecular flexibility index (Phi) is 7.16. The van der Waals surface area contributed by atoms with Crippen molar-refractivity contribution in [3.63, 3.8) is 0 Å². The maximum atomic E-state index is 12.8. The molecule has 0 atom stereocenters. The topological polar surface area (TPSA) is 151 Å². The summed E-state index contributed by atoms with van der Waals surface area (Å²) in [4.78, 5) is 25.0. The van der Waals surface area contributed by atoms with E-state index in [4.69, 9.17) is 20.7 Å². The predicted molar refractivity (Wildman–Crippen MR) is 136 cm³/mol. The Bertz CT molecular complexity index is 1270. The number of hydrogen-bond acceptors (Lipinski definition) is 7. The third kappa shape index (κ3) is 4.99. The van der Waals surface area contributed by atoms with Crippen molar-refractivity contribution in [2.75, 3.05) is 18.2 Å². The highest BCUT2D eigenvalue weighted by Crippen LogP contribution is 2.41. The van der Waals surface area contributed by atoms with Gasteiger partial charge in [0.25, 0.3) is 5.91 Å². The number of hydrogen-bond donors (Lipinski definition) is 3. The maximum Gasteiger partial charge on any atom is 0.254 e. The van der Waals surface area contributed by atoms with Gasteiger partial charge in [-0.3, -0.25) is 9.59 Å². The molecule has 2 amide bonds. The van der Waals surface area contributed by atoms with Crippen LogP contribution in [-0.2, 0) is 28.0 Å². The van der Waals surface area contributed by atoms with Gasteiger partial charge in [0.2, 0.25) is 5.91 Å². The molecule has 0 spiro atoms. The molecule has 4 rings (SSSR count). The fourth-order valence-corrected chi connectivity index (χ4v) is 4.90. The summed E-state index contributed by atoms with van der Waals surface area (Å²) in [6.07, 6.45) is 4.57. The number of carbonyl (C=O) groups excluding carboxylic acids is 2. The first kappa shape index (κ1) is 25.4. The van der Waals surface area contributed by atoms with Crippen LogP contribution in [-0.4, -0.2) is 33.9 Å². The summed E-state index contributed by atoms with van der Waals surface area (Å²) in [7, 11) is 1.58. The molecule has 1 saturated carbocycles. The Morgan fingerprint density at radius 3 is 2.58 bits per heavy atom. The summed E-state index contributed by atoms with van der Waals surface area (Å²) in [5.41, 5.74) is 14.6. The van der Waals surface area contributed by atoms with E-state index in [1.165, 1.54) is 12.8 Å². The second-order valence-corrected chi connectivity index (χ2v) is 10.00. The number of nitrogens with two attached hydrogens (primary N) is 2. The number of nitrogens with one attached hydrogen (secondary N) is 1. The molecule has 192 valence electrons. The number of aromatic nitrogens is 3. The average molecular weight is 495 g/mol. The predicted octanol–water partition coefficient (Wildman–Crippen LogP) is 3.96. The molecule has 0 unspecified atom stereocenters. The minimum absolute atomic E-state index is 0.0207. The Balaban J connectivity index is 1.56. The summed E-state index contributed by atoms with van der Waals surface area (Å²) in [6.45, 7) is 6.28. The second-order valence-electron chi connectivity index (χ2n) is 10.00. The maximum absolute atomic E-state index is 12.8. The zero-order chi connectivity index (χ0) is 26.0. The fraction of sp³-hybridized carbons (Fsp3) is 0.462. The van der Waals surface area contributed by atoms with Gasteiger partial charge in [-0.15, -0.1) is 0 Å². The minimum atomic E-state index is -0.649. The van der Waals surface area contributed by atoms with E-state index in [2.05, 4.69) is 22.5 Å². The van der Waals surface area contributed by atoms with Crippen LogP contribution >= 0.6 is 0 Å². The van der Waals surface area contributed by atoms with Crippen molar-refractivity contribution in [1.29, 1.82) is 0 Å². The molecule has 1 aliphatic rings. The summed E-state index contributed by atoms with van der Waals surface area (Å²) < 4.78 is 12.5. The number of methoxy groups -OCH3 is 1. The molecule has 1 aromatic carbocycles. The largest absolute Gasteiger partial charge is 0.383 e. The van der Waals surface area contributed by atoms with E-state index in [0.29, 0.717) is 17.1 Å². The van der Waals surface area contributed by atoms with Gasteiger partial charge in [-0.1, -0.05) is 37.1 Å². The number of carbonyl (C=O) groups is 2. The lowest BCUT2D eigenvalue weighted by Crippen LogP contribution is -2.17. The van der Waals surface area contributed by atoms with Crippen LogP contribution < -0.4 is 16.8 Å². The number of amides is 2. The Morgan fingerprint density at radius 2 is 1.94 bits per heavy atom. The Morgan fingerprint density at radius 1 is 1.22 bits per heavy atom. The monoisotopic (exact) mass is 494 g/mol. The van der Waals surface area contributed by atoms with Gasteiger partial charge in [0.1, 0.15) is 22.8 Å². The van der Waals surface area contributed by atoms with E-state index in [1.807, 2.05) is 32.0 Å². The zero-order valence-corrected chi connectivity index (χ0v) is 21.3. The highest BCUT2D eigenvalue weighted by molar-refractivity contribution is 6.03. The van der Waals surface area contributed by atoms with E-state index >= 15 is 0 Å². The number of primary amides is 1. The Hall–Kier alpha value is -3.66. The summed E-state index contributed by atoms with van der Waals surface area (Å²) in [6, 6.07) is 7.25. The molecular formula is C26H34N6O4. The molecule has 3 aromatic rings. The van der Waals surface area contributed by atoms with Crippen molar-refractivity contribution in [1.82, 2.24) is 14.9 Å². The average Bonchev–Trinajstić information content (AvgIpc) is 3.54. The van der Waals surface area contributed by atoms with Crippen LogP contribution in [0.1, 0.15) is 79.7 Å². The van der Waals surface area contributed by atoms with Gasteiger partial charge in [-0.05, 0) is 43.9 Å². The first-order valence-electron chi connectivity index (χ1n) is 12.2. The lowest BCUT2D eigenvalue weighted by molar-refractivity contribution is -0.115. The molecule has 1 aliphatic carbocycles. The molecule has 1 fully saturated rings. The molecule has 0 radical (unpaired) electrons. The molecule has 0 aliphatic heterocycles. The molecule has 0 saturated heterocycles. The standard InChI is InChI=1S/C26H34N6O4/c1-15(2)32-24(27)22(25(28)34)23(30-32)17-8-7-16(18(11-17)14-35-4)12-21(33)29-20-13-19(36-31-20)26(3)9-5-6-10-26/h7-8,11,13,15H,5-6,9-10,12,14,27H2,1-4H3,(H2,28,34)(H,29,31,33). The van der Waals surface area contributed by atoms with Crippen molar-refractivity contribution in [2.45, 2.75) is 70.9 Å². The van der Waals surface area contributed by atoms with Crippen LogP contribution in [0.25, 0.3) is 11.3 Å². The first-order valence-corrected chi connectivity index (χ1v) is 12.2. The normalized spacial score (nSPS) is 14.9. The number of nitrogen functional groups attached to an aromatic ring is 1. The molecule has 2 aromatic heterocycles. The van der Waals surface area contributed by atoms with Crippen molar-refractivity contribution >= 4 is 23.5 Å². The number of anilines is 2. The molecule has 2 heterocycles. The van der Waals surface area contributed by atoms with Gasteiger partial charge in [0, 0.05) is 30.2 Å². The van der Waals surface area contributed by atoms with Crippen molar-refractivity contribution in [3.8, 4) is 11.3 Å². The van der Waals surface area contributed by atoms with Gasteiger partial charge in [-0.25, -0.2) is 4.68 Å². The third-order valence-electron chi connectivity index (χ3n) is 6.89. The van der Waals surface area contributed by atoms with E-state index in [9.17, 15) is 9.59 Å². The first-order chi connectivity index (χ1) is 17.1. The van der Waals surface area contributed by atoms with E-state index in [0.717, 1.165) is 29.7 Å². The van der Waals surface area contributed by atoms with Crippen LogP contribution in [0.4, 0.5) is 11.6 Å². The number of benzene rings is 1. The van der Waals surface area contributed by atoms with E-state index in [-0.39, 0.29) is 41.8 Å². The van der Waals surface area contributed by atoms with Crippen LogP contribution in [0.15, 0.2) is 28.8 Å². The molecule has 0 bridgehead atoms. The molecule has 5 N–H and O–H groups in total. The lowest BCUT2D eigenvalue weighted by Gasteiger charge is -2.18. The van der Waals surface area contributed by atoms with Crippen LogP contribution in [0.5, 0.6) is 0 Å². The number of ether oxygens (including phenoxy) is 1. The number of rotatable bonds is 9. The SMILES string of the molecule is COCc1cc(-c2nn(C(C)C)c(N)c2C(N)=O)ccc1CC(=O)Nc1cc(C2(C)CCCC2)on1. The Labute approximate surface area is 210 Å². The highest BCUT2D eigenvalue weighted by atomic mass is 16.5. The van der Waals surface area contributed by atoms with Crippen molar-refractivity contribution < 1.29 is 18.8 Å². The zero-order valence-electron chi connectivity index (χ0n) is 21.3. The molecule has 36 heavy (non-hydrogen) atoms. The van der Waals surface area contributed by atoms with Crippen molar-refractivity contribution in [2.24, 2.45) is 5.73 Å². The second kappa shape index (κ2) is 10.1. The van der Waals surface area contributed by atoms with E-state index < -0.39 is 5.91 Å². The van der Waals surface area contributed by atoms with Crippen LogP contribution in [0.3, 0.4) is 0 Å². The van der Waals surface area contributed by atoms with Gasteiger partial charge >= 0.3 is 0 Å². The van der Waals surface area contributed by atoms with Crippen LogP contribution in [0, 0.1) is 0 Å². The van der Waals surface area contributed by atoms with Crippen molar-refractivity contribution in [3.05, 3.63) is 46.7 Å². The smallest absolute Gasteiger partial charge is 0.254 e. The fourth-order valence-electron chi connectivity index (χ4n) is 4.90. The number of nitrogens with zero attached hydrogens (tertiary/aromatic N) is 3. The lowest BCUT2D eigenvalue weighted by atomic mass is 9.86. The van der Waals surface area contributed by atoms with Crippen LogP contribution in [0.2, 0.25) is 0 Å². The quantitative estimate of drug-likeness (QED) is 0.407. The van der Waals surface area contributed by atoms with Gasteiger partial charge in [0.05, 0.1) is 13.0 Å². The van der Waals surface area contributed by atoms with E-state index in [1.54, 1.807) is 17.9 Å². The summed E-state index contributed by atoms with van der Waals surface area (Å²) >= 11 is 0. The van der Waals surface area contributed by atoms with Gasteiger partial charge < -0.3 is 26.0 Å². The highest BCUT2D eigenvalue weighted by Gasteiger charge is 2.34. The third-order valence-corrected chi connectivity index (χ3v) is 6.89. The minimum Gasteiger partial charge on any atom is -0.383 e. The molecular weight excluding hydrogens is 460 g/mol. The molecule has 10 nitrogen and oxygen atoms in total. The van der Waals surface area contributed by atoms with Gasteiger partial charge in [0.15, 0.2) is 5.82 Å². The van der Waals surface area contributed by atoms with Gasteiger partial charge in [-0.2, -0.15) is 5.10 Å².